The van der Waals surface area contributed by atoms with E-state index in [1.807, 2.05) is 24.3 Å². The molecule has 0 aromatic heterocycles. The highest BCUT2D eigenvalue weighted by Gasteiger charge is 2.34. The number of nitrogens with two attached hydrogens (primary N) is 1. The van der Waals surface area contributed by atoms with Crippen molar-refractivity contribution in [3.8, 4) is 5.75 Å². The van der Waals surface area contributed by atoms with Crippen molar-refractivity contribution in [2.24, 2.45) is 5.73 Å². The van der Waals surface area contributed by atoms with Crippen LogP contribution in [0.1, 0.15) is 11.6 Å². The van der Waals surface area contributed by atoms with Crippen LogP contribution in [0.2, 0.25) is 0 Å². The lowest BCUT2D eigenvalue weighted by atomic mass is 9.96. The molecule has 0 saturated heterocycles. The van der Waals surface area contributed by atoms with Crippen LogP contribution >= 0.6 is 12.4 Å². The van der Waals surface area contributed by atoms with Crippen molar-refractivity contribution in [3.63, 3.8) is 0 Å². The second-order valence-electron chi connectivity index (χ2n) is 3.79. The van der Waals surface area contributed by atoms with Crippen molar-refractivity contribution < 1.29 is 9.53 Å². The van der Waals surface area contributed by atoms with Crippen LogP contribution in [0.15, 0.2) is 35.5 Å². The van der Waals surface area contributed by atoms with Crippen LogP contribution in [-0.2, 0) is 4.79 Å². The van der Waals surface area contributed by atoms with Crippen LogP contribution in [-0.4, -0.2) is 12.5 Å². The molecule has 0 radical (unpaired) electrons. The monoisotopic (exact) mass is 253 g/mol. The predicted octanol–water partition coefficient (Wildman–Crippen LogP) is 0.389. The summed E-state index contributed by atoms with van der Waals surface area (Å²) in [5.74, 6) is 0.379. The van der Waals surface area contributed by atoms with Crippen LogP contribution in [0.3, 0.4) is 0 Å². The molecule has 0 aliphatic carbocycles. The van der Waals surface area contributed by atoms with E-state index in [9.17, 15) is 4.79 Å². The van der Waals surface area contributed by atoms with Crippen LogP contribution in [0.25, 0.3) is 0 Å². The minimum atomic E-state index is -0.465. The van der Waals surface area contributed by atoms with Gasteiger partial charge in [0.05, 0.1) is 6.04 Å². The zero-order valence-corrected chi connectivity index (χ0v) is 9.71. The number of carbonyl (C=O) groups excluding carboxylic acids is 1. The van der Waals surface area contributed by atoms with E-state index in [0.29, 0.717) is 12.3 Å². The maximum Gasteiger partial charge on any atom is 0.266 e. The molecule has 4 N–H and O–H groups in total. The zero-order chi connectivity index (χ0) is 11.1. The van der Waals surface area contributed by atoms with Crippen LogP contribution in [0, 0.1) is 0 Å². The van der Waals surface area contributed by atoms with Crippen molar-refractivity contribution in [1.29, 1.82) is 0 Å². The van der Waals surface area contributed by atoms with Crippen molar-refractivity contribution in [2.45, 2.75) is 6.04 Å². The first-order chi connectivity index (χ1) is 7.77. The maximum atomic E-state index is 11.2. The maximum absolute atomic E-state index is 11.2. The summed E-state index contributed by atoms with van der Waals surface area (Å²) < 4.78 is 5.57. The molecule has 2 aliphatic rings. The number of benzene rings is 1. The molecule has 3 rings (SSSR count). The van der Waals surface area contributed by atoms with E-state index in [0.717, 1.165) is 16.9 Å². The van der Waals surface area contributed by atoms with E-state index in [1.165, 1.54) is 0 Å². The zero-order valence-electron chi connectivity index (χ0n) is 8.90. The van der Waals surface area contributed by atoms with Crippen molar-refractivity contribution >= 4 is 18.3 Å². The van der Waals surface area contributed by atoms with Gasteiger partial charge < -0.3 is 15.9 Å². The molecular formula is C11H12ClN3O2. The number of carbonyl (C=O) groups is 1. The van der Waals surface area contributed by atoms with Crippen LogP contribution in [0.4, 0.5) is 0 Å². The molecule has 1 aromatic carbocycles. The topological polar surface area (TPSA) is 76.4 Å². The van der Waals surface area contributed by atoms with Crippen molar-refractivity contribution in [3.05, 3.63) is 41.1 Å². The second kappa shape index (κ2) is 4.27. The number of fused-ring (bicyclic) bond motifs is 3. The molecule has 5 nitrogen and oxygen atoms in total. The summed E-state index contributed by atoms with van der Waals surface area (Å²) in [6.45, 7) is 0.389. The Balaban J connectivity index is 0.00000108. The van der Waals surface area contributed by atoms with Gasteiger partial charge in [-0.25, -0.2) is 5.43 Å². The summed E-state index contributed by atoms with van der Waals surface area (Å²) in [5.41, 5.74) is 13.4. The summed E-state index contributed by atoms with van der Waals surface area (Å²) in [4.78, 5) is 11.2. The molecule has 0 saturated carbocycles. The lowest BCUT2D eigenvalue weighted by molar-refractivity contribution is -0.115. The number of rotatable bonds is 1. The summed E-state index contributed by atoms with van der Waals surface area (Å²) >= 11 is 0. The largest absolute Gasteiger partial charge is 0.489 e. The molecule has 2 heterocycles. The molecule has 0 spiro atoms. The minimum Gasteiger partial charge on any atom is -0.489 e. The fourth-order valence-corrected chi connectivity index (χ4v) is 2.10. The van der Waals surface area contributed by atoms with E-state index in [2.05, 4.69) is 10.9 Å². The molecule has 90 valence electrons. The number of primary amides is 1. The van der Waals surface area contributed by atoms with E-state index < -0.39 is 5.91 Å². The minimum absolute atomic E-state index is 0. The summed E-state index contributed by atoms with van der Waals surface area (Å²) in [5, 5.41) is 0. The number of ether oxygens (including phenoxy) is 1. The van der Waals surface area contributed by atoms with Crippen molar-refractivity contribution in [1.82, 2.24) is 10.9 Å². The number of nitrogens with one attached hydrogen (secondary N) is 2. The number of para-hydroxylation sites is 1. The third kappa shape index (κ3) is 1.73. The van der Waals surface area contributed by atoms with E-state index in [-0.39, 0.29) is 18.4 Å². The molecule has 2 aliphatic heterocycles. The third-order valence-corrected chi connectivity index (χ3v) is 2.87. The van der Waals surface area contributed by atoms with Gasteiger partial charge in [-0.2, -0.15) is 0 Å². The molecule has 6 heteroatoms. The van der Waals surface area contributed by atoms with Crippen LogP contribution < -0.4 is 21.3 Å². The Morgan fingerprint density at radius 3 is 2.94 bits per heavy atom. The van der Waals surface area contributed by atoms with E-state index in [4.69, 9.17) is 10.5 Å². The summed E-state index contributed by atoms with van der Waals surface area (Å²) in [6.07, 6.45) is 0. The normalized spacial score (nSPS) is 20.6. The Kier molecular flexibility index (Phi) is 2.95. The Morgan fingerprint density at radius 1 is 1.41 bits per heavy atom. The van der Waals surface area contributed by atoms with E-state index in [1.54, 1.807) is 0 Å². The Morgan fingerprint density at radius 2 is 2.18 bits per heavy atom. The first-order valence-electron chi connectivity index (χ1n) is 5.03. The Bertz CT molecular complexity index is 501. The summed E-state index contributed by atoms with van der Waals surface area (Å²) in [7, 11) is 0. The van der Waals surface area contributed by atoms with Crippen LogP contribution in [0.5, 0.6) is 5.75 Å². The van der Waals surface area contributed by atoms with Gasteiger partial charge in [-0.15, -0.1) is 12.4 Å². The highest BCUT2D eigenvalue weighted by Crippen LogP contribution is 2.37. The molecule has 1 aromatic rings. The number of halogens is 1. The first kappa shape index (κ1) is 11.8. The highest BCUT2D eigenvalue weighted by atomic mass is 35.5. The number of hydrazine groups is 1. The molecule has 0 bridgehead atoms. The van der Waals surface area contributed by atoms with Gasteiger partial charge >= 0.3 is 0 Å². The van der Waals surface area contributed by atoms with Gasteiger partial charge in [-0.05, 0) is 6.07 Å². The quantitative estimate of drug-likeness (QED) is 0.677. The van der Waals surface area contributed by atoms with Gasteiger partial charge in [0.15, 0.2) is 0 Å². The Hall–Kier alpha value is -1.72. The average Bonchev–Trinajstić information content (AvgIpc) is 2.73. The smallest absolute Gasteiger partial charge is 0.266 e. The van der Waals surface area contributed by atoms with Gasteiger partial charge in [-0.1, -0.05) is 18.2 Å². The molecule has 0 fully saturated rings. The molecule has 1 amide bonds. The molecule has 1 atom stereocenters. The fourth-order valence-electron chi connectivity index (χ4n) is 2.10. The summed E-state index contributed by atoms with van der Waals surface area (Å²) in [6, 6.07) is 7.72. The molecule has 1 unspecified atom stereocenters. The SMILES string of the molecule is Cl.NC(=O)C1=C2COc3ccccc3C2NN1. The van der Waals surface area contributed by atoms with Crippen molar-refractivity contribution in [2.75, 3.05) is 6.61 Å². The van der Waals surface area contributed by atoms with Gasteiger partial charge in [0.2, 0.25) is 0 Å². The Labute approximate surface area is 104 Å². The molecular weight excluding hydrogens is 242 g/mol. The fraction of sp³-hybridized carbons (Fsp3) is 0.182. The number of amides is 1. The average molecular weight is 254 g/mol. The van der Waals surface area contributed by atoms with Gasteiger partial charge in [0, 0.05) is 11.1 Å². The predicted molar refractivity (Wildman–Crippen MR) is 64.4 cm³/mol. The number of hydrogen-bond acceptors (Lipinski definition) is 4. The first-order valence-corrected chi connectivity index (χ1v) is 5.03. The molecule has 17 heavy (non-hydrogen) atoms. The second-order valence-corrected chi connectivity index (χ2v) is 3.79. The highest BCUT2D eigenvalue weighted by molar-refractivity contribution is 5.93. The lowest BCUT2D eigenvalue weighted by Gasteiger charge is -2.24. The van der Waals surface area contributed by atoms with Gasteiger partial charge in [0.25, 0.3) is 5.91 Å². The van der Waals surface area contributed by atoms with E-state index >= 15 is 0 Å². The van der Waals surface area contributed by atoms with Gasteiger partial charge in [-0.3, -0.25) is 4.79 Å². The van der Waals surface area contributed by atoms with Gasteiger partial charge in [0.1, 0.15) is 18.1 Å². The lowest BCUT2D eigenvalue weighted by Crippen LogP contribution is -2.32. The number of hydrogen-bond donors (Lipinski definition) is 3. The standard InChI is InChI=1S/C11H11N3O2.ClH/c12-11(15)10-7-5-16-8-4-2-1-3-6(8)9(7)13-14-10;/h1-4,9,13-14H,5H2,(H2,12,15);1H. The third-order valence-electron chi connectivity index (χ3n) is 2.87.